The van der Waals surface area contributed by atoms with E-state index in [0.717, 1.165) is 24.5 Å². The molecule has 0 bridgehead atoms. The lowest BCUT2D eigenvalue weighted by Gasteiger charge is -2.15. The minimum absolute atomic E-state index is 0.0148. The van der Waals surface area contributed by atoms with E-state index >= 15 is 0 Å². The summed E-state index contributed by atoms with van der Waals surface area (Å²) in [5.41, 5.74) is 2.03. The minimum atomic E-state index is 0.0148. The van der Waals surface area contributed by atoms with Crippen molar-refractivity contribution in [2.24, 2.45) is 5.41 Å². The van der Waals surface area contributed by atoms with Gasteiger partial charge in [0.25, 0.3) is 5.91 Å². The molecule has 4 heteroatoms. The minimum Gasteiger partial charge on any atom is -0.373 e. The van der Waals surface area contributed by atoms with Crippen LogP contribution in [0, 0.1) is 5.41 Å². The molecule has 1 amide bonds. The van der Waals surface area contributed by atoms with E-state index in [1.807, 2.05) is 26.1 Å². The molecular formula is C16H25N3O. The van der Waals surface area contributed by atoms with Crippen LogP contribution >= 0.6 is 0 Å². The Morgan fingerprint density at radius 1 is 1.35 bits per heavy atom. The van der Waals surface area contributed by atoms with Crippen molar-refractivity contribution >= 4 is 11.7 Å². The molecule has 1 aliphatic carbocycles. The molecule has 0 aliphatic heterocycles. The second-order valence-electron chi connectivity index (χ2n) is 5.77. The SMILES string of the molecule is CCCC1(CNC(=O)c2cc(CC)nc(NC)c2)CC1. The van der Waals surface area contributed by atoms with Gasteiger partial charge in [0.15, 0.2) is 0 Å². The summed E-state index contributed by atoms with van der Waals surface area (Å²) in [6.45, 7) is 5.06. The van der Waals surface area contributed by atoms with Crippen molar-refractivity contribution in [3.05, 3.63) is 23.4 Å². The van der Waals surface area contributed by atoms with Crippen LogP contribution < -0.4 is 10.6 Å². The van der Waals surface area contributed by atoms with E-state index < -0.39 is 0 Å². The van der Waals surface area contributed by atoms with Crippen LogP contribution in [-0.4, -0.2) is 24.5 Å². The van der Waals surface area contributed by atoms with Crippen molar-refractivity contribution in [2.45, 2.75) is 46.0 Å². The summed E-state index contributed by atoms with van der Waals surface area (Å²) in [6, 6.07) is 3.70. The zero-order valence-corrected chi connectivity index (χ0v) is 12.8. The fourth-order valence-electron chi connectivity index (χ4n) is 2.62. The molecule has 1 fully saturated rings. The quantitative estimate of drug-likeness (QED) is 0.804. The first kappa shape index (κ1) is 14.8. The van der Waals surface area contributed by atoms with E-state index in [2.05, 4.69) is 22.5 Å². The Labute approximate surface area is 121 Å². The zero-order chi connectivity index (χ0) is 14.6. The van der Waals surface area contributed by atoms with Crippen LogP contribution in [0.5, 0.6) is 0 Å². The third kappa shape index (κ3) is 3.50. The van der Waals surface area contributed by atoms with Crippen LogP contribution in [0.1, 0.15) is 55.6 Å². The van der Waals surface area contributed by atoms with Crippen molar-refractivity contribution in [3.8, 4) is 0 Å². The predicted octanol–water partition coefficient (Wildman–Crippen LogP) is 3.00. The highest BCUT2D eigenvalue weighted by Gasteiger charge is 2.41. The van der Waals surface area contributed by atoms with Gasteiger partial charge in [-0.05, 0) is 43.2 Å². The van der Waals surface area contributed by atoms with Crippen molar-refractivity contribution in [1.82, 2.24) is 10.3 Å². The number of nitrogens with one attached hydrogen (secondary N) is 2. The molecule has 0 atom stereocenters. The maximum atomic E-state index is 12.3. The summed E-state index contributed by atoms with van der Waals surface area (Å²) in [6.07, 6.45) is 5.73. The molecule has 20 heavy (non-hydrogen) atoms. The first-order valence-corrected chi connectivity index (χ1v) is 7.59. The normalized spacial score (nSPS) is 15.8. The Kier molecular flexibility index (Phi) is 4.63. The van der Waals surface area contributed by atoms with Crippen LogP contribution in [0.15, 0.2) is 12.1 Å². The molecular weight excluding hydrogens is 250 g/mol. The molecule has 1 saturated carbocycles. The van der Waals surface area contributed by atoms with E-state index in [1.165, 1.54) is 25.7 Å². The lowest BCUT2D eigenvalue weighted by molar-refractivity contribution is 0.0943. The summed E-state index contributed by atoms with van der Waals surface area (Å²) in [4.78, 5) is 16.7. The monoisotopic (exact) mass is 275 g/mol. The Hall–Kier alpha value is -1.58. The number of rotatable bonds is 7. The van der Waals surface area contributed by atoms with Gasteiger partial charge in [-0.25, -0.2) is 4.98 Å². The number of anilines is 1. The lowest BCUT2D eigenvalue weighted by atomic mass is 10.0. The summed E-state index contributed by atoms with van der Waals surface area (Å²) >= 11 is 0. The Balaban J connectivity index is 2.01. The molecule has 1 aromatic rings. The molecule has 110 valence electrons. The summed E-state index contributed by atoms with van der Waals surface area (Å²) in [5, 5.41) is 6.11. The lowest BCUT2D eigenvalue weighted by Crippen LogP contribution is -2.30. The largest absolute Gasteiger partial charge is 0.373 e. The van der Waals surface area contributed by atoms with E-state index in [0.29, 0.717) is 11.0 Å². The third-order valence-electron chi connectivity index (χ3n) is 4.12. The zero-order valence-electron chi connectivity index (χ0n) is 12.8. The highest BCUT2D eigenvalue weighted by atomic mass is 16.1. The molecule has 1 aromatic heterocycles. The fraction of sp³-hybridized carbons (Fsp3) is 0.625. The van der Waals surface area contributed by atoms with Crippen LogP contribution in [0.4, 0.5) is 5.82 Å². The Morgan fingerprint density at radius 2 is 2.10 bits per heavy atom. The molecule has 0 unspecified atom stereocenters. The van der Waals surface area contributed by atoms with Crippen molar-refractivity contribution in [3.63, 3.8) is 0 Å². The maximum absolute atomic E-state index is 12.3. The molecule has 1 heterocycles. The number of aryl methyl sites for hydroxylation is 1. The number of carbonyl (C=O) groups excluding carboxylic acids is 1. The fourth-order valence-corrected chi connectivity index (χ4v) is 2.62. The van der Waals surface area contributed by atoms with Crippen LogP contribution in [0.3, 0.4) is 0 Å². The molecule has 1 aliphatic rings. The van der Waals surface area contributed by atoms with Crippen molar-refractivity contribution < 1.29 is 4.79 Å². The first-order chi connectivity index (χ1) is 9.62. The van der Waals surface area contributed by atoms with Gasteiger partial charge in [0.2, 0.25) is 0 Å². The summed E-state index contributed by atoms with van der Waals surface area (Å²) < 4.78 is 0. The highest BCUT2D eigenvalue weighted by molar-refractivity contribution is 5.95. The second kappa shape index (κ2) is 6.25. The van der Waals surface area contributed by atoms with Gasteiger partial charge in [0.1, 0.15) is 5.82 Å². The van der Waals surface area contributed by atoms with Gasteiger partial charge >= 0.3 is 0 Å². The highest BCUT2D eigenvalue weighted by Crippen LogP contribution is 2.48. The van der Waals surface area contributed by atoms with Crippen molar-refractivity contribution in [2.75, 3.05) is 18.9 Å². The second-order valence-corrected chi connectivity index (χ2v) is 5.77. The molecule has 0 radical (unpaired) electrons. The topological polar surface area (TPSA) is 54.0 Å². The van der Waals surface area contributed by atoms with Gasteiger partial charge in [-0.15, -0.1) is 0 Å². The third-order valence-corrected chi connectivity index (χ3v) is 4.12. The number of nitrogens with zero attached hydrogens (tertiary/aromatic N) is 1. The maximum Gasteiger partial charge on any atom is 0.251 e. The molecule has 0 saturated heterocycles. The number of hydrogen-bond donors (Lipinski definition) is 2. The van der Waals surface area contributed by atoms with Gasteiger partial charge in [0, 0.05) is 24.8 Å². The number of amides is 1. The Bertz CT molecular complexity index is 458. The summed E-state index contributed by atoms with van der Waals surface area (Å²) in [7, 11) is 1.82. The standard InChI is InChI=1S/C16H25N3O/c1-4-6-16(7-8-16)11-18-15(20)12-9-13(5-2)19-14(10-12)17-3/h9-10H,4-8,11H2,1-3H3,(H,17,19)(H,18,20). The van der Waals surface area contributed by atoms with Crippen molar-refractivity contribution in [1.29, 1.82) is 0 Å². The van der Waals surface area contributed by atoms with Gasteiger partial charge in [-0.2, -0.15) is 0 Å². The Morgan fingerprint density at radius 3 is 2.65 bits per heavy atom. The average Bonchev–Trinajstić information content (AvgIpc) is 3.24. The van der Waals surface area contributed by atoms with E-state index in [4.69, 9.17) is 0 Å². The van der Waals surface area contributed by atoms with Gasteiger partial charge in [-0.3, -0.25) is 4.79 Å². The smallest absolute Gasteiger partial charge is 0.251 e. The van der Waals surface area contributed by atoms with Gasteiger partial charge in [0.05, 0.1) is 0 Å². The number of aromatic nitrogens is 1. The van der Waals surface area contributed by atoms with Crippen LogP contribution in [0.2, 0.25) is 0 Å². The molecule has 4 nitrogen and oxygen atoms in total. The van der Waals surface area contributed by atoms with E-state index in [9.17, 15) is 4.79 Å². The van der Waals surface area contributed by atoms with Gasteiger partial charge < -0.3 is 10.6 Å². The summed E-state index contributed by atoms with van der Waals surface area (Å²) in [5.74, 6) is 0.769. The van der Waals surface area contributed by atoms with Crippen LogP contribution in [0.25, 0.3) is 0 Å². The molecule has 2 N–H and O–H groups in total. The average molecular weight is 275 g/mol. The van der Waals surface area contributed by atoms with E-state index in [1.54, 1.807) is 0 Å². The predicted molar refractivity (Wildman–Crippen MR) is 82.1 cm³/mol. The number of carbonyl (C=O) groups is 1. The first-order valence-electron chi connectivity index (χ1n) is 7.59. The molecule has 2 rings (SSSR count). The van der Waals surface area contributed by atoms with Gasteiger partial charge in [-0.1, -0.05) is 20.3 Å². The number of pyridine rings is 1. The molecule has 0 spiro atoms. The molecule has 0 aromatic carbocycles. The van der Waals surface area contributed by atoms with Crippen LogP contribution in [-0.2, 0) is 6.42 Å². The number of hydrogen-bond acceptors (Lipinski definition) is 3. The van der Waals surface area contributed by atoms with E-state index in [-0.39, 0.29) is 5.91 Å².